The molecule has 0 bridgehead atoms. The van der Waals surface area contributed by atoms with E-state index in [4.69, 9.17) is 21.1 Å². The Balaban J connectivity index is 2.46. The minimum absolute atomic E-state index is 0.120. The molecule has 0 saturated heterocycles. The van der Waals surface area contributed by atoms with Crippen molar-refractivity contribution in [2.24, 2.45) is 0 Å². The molecular weight excluding hydrogens is 218 g/mol. The largest absolute Gasteiger partial charge is 0.475 e. The molecule has 0 aliphatic rings. The van der Waals surface area contributed by atoms with Gasteiger partial charge in [-0.15, -0.1) is 0 Å². The highest BCUT2D eigenvalue weighted by Crippen LogP contribution is 2.27. The second-order valence-corrected chi connectivity index (χ2v) is 3.17. The van der Waals surface area contributed by atoms with E-state index in [0.717, 1.165) is 0 Å². The fourth-order valence-corrected chi connectivity index (χ4v) is 1.38. The number of furan rings is 1. The van der Waals surface area contributed by atoms with E-state index in [1.807, 2.05) is 0 Å². The van der Waals surface area contributed by atoms with Crippen LogP contribution in [0.5, 0.6) is 0 Å². The maximum absolute atomic E-state index is 10.6. The number of nitrogens with zero attached hydrogens (tertiary/aromatic N) is 1. The number of halogens is 1. The van der Waals surface area contributed by atoms with Crippen molar-refractivity contribution in [1.29, 1.82) is 0 Å². The number of carboxylic acids is 1. The second-order valence-electron chi connectivity index (χ2n) is 2.81. The van der Waals surface area contributed by atoms with Gasteiger partial charge in [-0.2, -0.15) is 0 Å². The lowest BCUT2D eigenvalue weighted by atomic mass is 10.2. The molecule has 2 aromatic heterocycles. The summed E-state index contributed by atoms with van der Waals surface area (Å²) in [4.78, 5) is 14.5. The number of hydrogen-bond acceptors (Lipinski definition) is 3. The first-order valence-corrected chi connectivity index (χ1v) is 4.50. The minimum atomic E-state index is -1.11. The van der Waals surface area contributed by atoms with E-state index in [1.54, 1.807) is 24.4 Å². The Hall–Kier alpha value is -1.81. The maximum atomic E-state index is 10.6. The molecule has 0 atom stereocenters. The average Bonchev–Trinajstić information content (AvgIpc) is 2.67. The summed E-state index contributed by atoms with van der Waals surface area (Å²) >= 11 is 5.83. The lowest BCUT2D eigenvalue weighted by molar-refractivity contribution is 0.0663. The van der Waals surface area contributed by atoms with Gasteiger partial charge in [-0.1, -0.05) is 11.6 Å². The van der Waals surface area contributed by atoms with Crippen LogP contribution in [0.2, 0.25) is 5.15 Å². The first kappa shape index (κ1) is 9.73. The zero-order valence-electron chi connectivity index (χ0n) is 7.48. The molecule has 2 heterocycles. The van der Waals surface area contributed by atoms with Gasteiger partial charge in [-0.05, 0) is 24.3 Å². The van der Waals surface area contributed by atoms with Gasteiger partial charge in [0.15, 0.2) is 0 Å². The van der Waals surface area contributed by atoms with E-state index < -0.39 is 5.97 Å². The monoisotopic (exact) mass is 223 g/mol. The van der Waals surface area contributed by atoms with Crippen LogP contribution in [0.15, 0.2) is 34.9 Å². The molecule has 0 aliphatic heterocycles. The van der Waals surface area contributed by atoms with E-state index in [0.29, 0.717) is 11.3 Å². The van der Waals surface area contributed by atoms with Gasteiger partial charge in [0.25, 0.3) is 0 Å². The molecule has 0 spiro atoms. The molecule has 0 unspecified atom stereocenters. The zero-order chi connectivity index (χ0) is 10.8. The number of aromatic carboxylic acids is 1. The van der Waals surface area contributed by atoms with Crippen LogP contribution in [0.25, 0.3) is 11.3 Å². The van der Waals surface area contributed by atoms with Crippen molar-refractivity contribution in [3.8, 4) is 11.3 Å². The molecule has 0 aliphatic carbocycles. The second kappa shape index (κ2) is 3.74. The predicted octanol–water partition coefficient (Wildman–Crippen LogP) is 2.69. The molecule has 0 saturated carbocycles. The quantitative estimate of drug-likeness (QED) is 0.795. The van der Waals surface area contributed by atoms with Crippen LogP contribution in [-0.4, -0.2) is 16.1 Å². The van der Waals surface area contributed by atoms with E-state index in [1.165, 1.54) is 6.07 Å². The van der Waals surface area contributed by atoms with Crippen molar-refractivity contribution in [1.82, 2.24) is 4.98 Å². The fraction of sp³-hybridized carbons (Fsp3) is 0. The Morgan fingerprint density at radius 1 is 1.40 bits per heavy atom. The molecule has 5 heteroatoms. The smallest absolute Gasteiger partial charge is 0.371 e. The molecule has 0 radical (unpaired) electrons. The number of carboxylic acid groups (broad SMARTS) is 1. The Morgan fingerprint density at radius 2 is 2.20 bits per heavy atom. The van der Waals surface area contributed by atoms with Gasteiger partial charge >= 0.3 is 5.97 Å². The number of rotatable bonds is 2. The molecule has 15 heavy (non-hydrogen) atoms. The summed E-state index contributed by atoms with van der Waals surface area (Å²) in [6, 6.07) is 6.33. The van der Waals surface area contributed by atoms with Crippen molar-refractivity contribution in [3.63, 3.8) is 0 Å². The topological polar surface area (TPSA) is 63.3 Å². The molecule has 0 aromatic carbocycles. The van der Waals surface area contributed by atoms with Gasteiger partial charge in [-0.25, -0.2) is 9.78 Å². The van der Waals surface area contributed by atoms with Crippen molar-refractivity contribution in [2.45, 2.75) is 0 Å². The Bertz CT molecular complexity index is 507. The summed E-state index contributed by atoms with van der Waals surface area (Å²) in [5, 5.41) is 8.95. The Kier molecular flexibility index (Phi) is 2.43. The van der Waals surface area contributed by atoms with Gasteiger partial charge in [-0.3, -0.25) is 0 Å². The zero-order valence-corrected chi connectivity index (χ0v) is 8.23. The van der Waals surface area contributed by atoms with Gasteiger partial charge in [0.05, 0.1) is 5.56 Å². The van der Waals surface area contributed by atoms with E-state index in [9.17, 15) is 4.79 Å². The van der Waals surface area contributed by atoms with Crippen LogP contribution in [0, 0.1) is 0 Å². The van der Waals surface area contributed by atoms with Crippen LogP contribution in [0.4, 0.5) is 0 Å². The van der Waals surface area contributed by atoms with Crippen LogP contribution >= 0.6 is 11.6 Å². The van der Waals surface area contributed by atoms with Crippen LogP contribution in [-0.2, 0) is 0 Å². The third kappa shape index (κ3) is 1.85. The van der Waals surface area contributed by atoms with Crippen LogP contribution in [0.3, 0.4) is 0 Å². The van der Waals surface area contributed by atoms with Gasteiger partial charge < -0.3 is 9.52 Å². The average molecular weight is 224 g/mol. The molecule has 0 fully saturated rings. The third-order valence-electron chi connectivity index (χ3n) is 1.84. The molecule has 0 amide bonds. The first-order chi connectivity index (χ1) is 7.18. The van der Waals surface area contributed by atoms with Crippen molar-refractivity contribution >= 4 is 17.6 Å². The molecule has 2 aromatic rings. The molecule has 2 rings (SSSR count). The Morgan fingerprint density at radius 3 is 2.80 bits per heavy atom. The highest BCUT2D eigenvalue weighted by Gasteiger charge is 2.12. The number of pyridine rings is 1. The summed E-state index contributed by atoms with van der Waals surface area (Å²) in [5.74, 6) is -0.836. The Labute approximate surface area is 90.1 Å². The lowest BCUT2D eigenvalue weighted by Gasteiger charge is -1.97. The number of hydrogen-bond donors (Lipinski definition) is 1. The SMILES string of the molecule is O=C(O)c1ccc(-c2cccnc2Cl)o1. The minimum Gasteiger partial charge on any atom is -0.475 e. The summed E-state index contributed by atoms with van der Waals surface area (Å²) in [7, 11) is 0. The third-order valence-corrected chi connectivity index (χ3v) is 2.14. The maximum Gasteiger partial charge on any atom is 0.371 e. The van der Waals surface area contributed by atoms with Crippen molar-refractivity contribution in [3.05, 3.63) is 41.4 Å². The molecule has 4 nitrogen and oxygen atoms in total. The van der Waals surface area contributed by atoms with Gasteiger partial charge in [0, 0.05) is 6.20 Å². The van der Waals surface area contributed by atoms with Crippen LogP contribution < -0.4 is 0 Å². The number of aromatic nitrogens is 1. The number of carbonyl (C=O) groups is 1. The summed E-state index contributed by atoms with van der Waals surface area (Å²) in [6.45, 7) is 0. The lowest BCUT2D eigenvalue weighted by Crippen LogP contribution is -1.91. The van der Waals surface area contributed by atoms with Crippen molar-refractivity contribution < 1.29 is 14.3 Å². The fourth-order valence-electron chi connectivity index (χ4n) is 1.17. The standard InChI is InChI=1S/C10H6ClNO3/c11-9-6(2-1-5-12-9)7-3-4-8(15-7)10(13)14/h1-5H,(H,13,14). The van der Waals surface area contributed by atoms with Gasteiger partial charge in [0.2, 0.25) is 5.76 Å². The predicted molar refractivity (Wildman–Crippen MR) is 53.9 cm³/mol. The molecular formula is C10H6ClNO3. The van der Waals surface area contributed by atoms with Crippen molar-refractivity contribution in [2.75, 3.05) is 0 Å². The normalized spacial score (nSPS) is 10.2. The summed E-state index contributed by atoms with van der Waals surface area (Å²) < 4.78 is 5.09. The molecule has 1 N–H and O–H groups in total. The van der Waals surface area contributed by atoms with E-state index in [-0.39, 0.29) is 10.9 Å². The molecule has 76 valence electrons. The van der Waals surface area contributed by atoms with Gasteiger partial charge in [0.1, 0.15) is 10.9 Å². The summed E-state index contributed by atoms with van der Waals surface area (Å²) in [6.07, 6.45) is 1.55. The van der Waals surface area contributed by atoms with Crippen LogP contribution in [0.1, 0.15) is 10.6 Å². The van der Waals surface area contributed by atoms with E-state index >= 15 is 0 Å². The first-order valence-electron chi connectivity index (χ1n) is 4.12. The highest BCUT2D eigenvalue weighted by atomic mass is 35.5. The highest BCUT2D eigenvalue weighted by molar-refractivity contribution is 6.31. The van der Waals surface area contributed by atoms with E-state index in [2.05, 4.69) is 4.98 Å². The summed E-state index contributed by atoms with van der Waals surface area (Å²) in [5.41, 5.74) is 0.576.